The number of ether oxygens (including phenoxy) is 1. The summed E-state index contributed by atoms with van der Waals surface area (Å²) < 4.78 is 21.0. The molecule has 8 nitrogen and oxygen atoms in total. The Morgan fingerprint density at radius 3 is 2.55 bits per heavy atom. The predicted octanol–water partition coefficient (Wildman–Crippen LogP) is 1.63. The molecule has 0 spiro atoms. The van der Waals surface area contributed by atoms with Gasteiger partial charge in [-0.25, -0.2) is 4.39 Å². The van der Waals surface area contributed by atoms with Crippen molar-refractivity contribution in [2.24, 2.45) is 12.8 Å². The maximum Gasteiger partial charge on any atom is 0.287 e. The van der Waals surface area contributed by atoms with Crippen molar-refractivity contribution in [2.45, 2.75) is 12.5 Å². The number of hydrogen-bond donors (Lipinski definition) is 2. The molecule has 1 heterocycles. The number of nitrogens with one attached hydrogen (secondary N) is 1. The summed E-state index contributed by atoms with van der Waals surface area (Å²) in [6.45, 7) is 0. The van der Waals surface area contributed by atoms with Crippen molar-refractivity contribution in [3.8, 4) is 17.0 Å². The lowest BCUT2D eigenvalue weighted by molar-refractivity contribution is -0.137. The average Bonchev–Trinajstić information content (AvgIpc) is 3.15. The van der Waals surface area contributed by atoms with Crippen LogP contribution in [-0.2, 0) is 23.1 Å². The fourth-order valence-electron chi connectivity index (χ4n) is 3.13. The van der Waals surface area contributed by atoms with Crippen LogP contribution in [0.25, 0.3) is 11.3 Å². The number of benzene rings is 2. The van der Waals surface area contributed by atoms with Gasteiger partial charge in [0.25, 0.3) is 11.8 Å². The highest BCUT2D eigenvalue weighted by Crippen LogP contribution is 2.28. The van der Waals surface area contributed by atoms with E-state index in [1.54, 1.807) is 37.4 Å². The molecule has 0 fully saturated rings. The average molecular weight is 424 g/mol. The van der Waals surface area contributed by atoms with Gasteiger partial charge in [-0.1, -0.05) is 30.3 Å². The number of ketones is 1. The van der Waals surface area contributed by atoms with E-state index < -0.39 is 29.5 Å². The number of hydrogen-bond acceptors (Lipinski definition) is 5. The Morgan fingerprint density at radius 2 is 1.90 bits per heavy atom. The number of amides is 2. The molecule has 160 valence electrons. The molecular weight excluding hydrogens is 403 g/mol. The van der Waals surface area contributed by atoms with Gasteiger partial charge in [0, 0.05) is 25.2 Å². The van der Waals surface area contributed by atoms with E-state index in [1.165, 1.54) is 36.2 Å². The van der Waals surface area contributed by atoms with Gasteiger partial charge in [0.1, 0.15) is 23.3 Å². The van der Waals surface area contributed by atoms with E-state index in [1.807, 2.05) is 0 Å². The first-order chi connectivity index (χ1) is 14.8. The quantitative estimate of drug-likeness (QED) is 0.533. The fraction of sp³-hybridized carbons (Fsp3) is 0.182. The highest BCUT2D eigenvalue weighted by atomic mass is 19.1. The first kappa shape index (κ1) is 21.7. The minimum absolute atomic E-state index is 0.0324. The lowest BCUT2D eigenvalue weighted by Crippen LogP contribution is -2.47. The number of primary amides is 1. The number of aryl methyl sites for hydroxylation is 1. The smallest absolute Gasteiger partial charge is 0.287 e. The molecule has 2 aromatic carbocycles. The lowest BCUT2D eigenvalue weighted by atomic mass is 10.0. The van der Waals surface area contributed by atoms with Crippen molar-refractivity contribution in [2.75, 3.05) is 7.11 Å². The van der Waals surface area contributed by atoms with Crippen LogP contribution in [0.4, 0.5) is 4.39 Å². The summed E-state index contributed by atoms with van der Waals surface area (Å²) in [7, 11) is 3.01. The largest absolute Gasteiger partial charge is 0.497 e. The third-order valence-electron chi connectivity index (χ3n) is 4.65. The molecule has 2 amide bonds. The Bertz CT molecular complexity index is 1130. The van der Waals surface area contributed by atoms with Gasteiger partial charge in [-0.2, -0.15) is 5.10 Å². The van der Waals surface area contributed by atoms with Gasteiger partial charge in [-0.05, 0) is 23.8 Å². The summed E-state index contributed by atoms with van der Waals surface area (Å²) in [5, 5.41) is 6.73. The maximum atomic E-state index is 14.5. The normalized spacial score (nSPS) is 11.6. The maximum absolute atomic E-state index is 14.5. The molecule has 1 aromatic heterocycles. The number of methoxy groups -OCH3 is 1. The van der Waals surface area contributed by atoms with Crippen molar-refractivity contribution in [1.29, 1.82) is 0 Å². The monoisotopic (exact) mass is 424 g/mol. The zero-order valence-corrected chi connectivity index (χ0v) is 17.0. The first-order valence-corrected chi connectivity index (χ1v) is 9.36. The van der Waals surface area contributed by atoms with Crippen LogP contribution >= 0.6 is 0 Å². The predicted molar refractivity (Wildman–Crippen MR) is 111 cm³/mol. The van der Waals surface area contributed by atoms with Gasteiger partial charge >= 0.3 is 0 Å². The van der Waals surface area contributed by atoms with Crippen molar-refractivity contribution in [1.82, 2.24) is 15.1 Å². The number of nitrogens with zero attached hydrogens (tertiary/aromatic N) is 2. The van der Waals surface area contributed by atoms with E-state index in [-0.39, 0.29) is 23.2 Å². The van der Waals surface area contributed by atoms with E-state index in [9.17, 15) is 18.8 Å². The van der Waals surface area contributed by atoms with Gasteiger partial charge in [-0.3, -0.25) is 19.1 Å². The second-order valence-electron chi connectivity index (χ2n) is 6.86. The Hall–Kier alpha value is -4.01. The second kappa shape index (κ2) is 9.21. The standard InChI is InChI=1S/C22H21FN4O4/c1-27-12-16(19(26-27)15-11-14(31-2)8-9-17(15)23)22(30)25-18(20(28)21(24)29)10-13-6-4-3-5-7-13/h3-9,11-12,18H,10H2,1-2H3,(H2,24,29)(H,25,30). The van der Waals surface area contributed by atoms with E-state index in [0.717, 1.165) is 5.56 Å². The number of halogens is 1. The molecule has 3 N–H and O–H groups in total. The van der Waals surface area contributed by atoms with E-state index in [0.29, 0.717) is 5.75 Å². The molecule has 0 saturated carbocycles. The third-order valence-corrected chi connectivity index (χ3v) is 4.65. The molecule has 1 unspecified atom stereocenters. The SMILES string of the molecule is COc1ccc(F)c(-c2nn(C)cc2C(=O)NC(Cc2ccccc2)C(=O)C(N)=O)c1. The molecule has 0 saturated heterocycles. The number of Topliss-reactive ketones (excluding diaryl/α,β-unsaturated/α-hetero) is 1. The summed E-state index contributed by atoms with van der Waals surface area (Å²) in [5.41, 5.74) is 6.06. The molecule has 31 heavy (non-hydrogen) atoms. The molecule has 0 aliphatic rings. The summed E-state index contributed by atoms with van der Waals surface area (Å²) in [6, 6.07) is 11.8. The second-order valence-corrected chi connectivity index (χ2v) is 6.86. The van der Waals surface area contributed by atoms with Crippen molar-refractivity contribution >= 4 is 17.6 Å². The third kappa shape index (κ3) is 4.95. The van der Waals surface area contributed by atoms with Crippen LogP contribution < -0.4 is 15.8 Å². The summed E-state index contributed by atoms with van der Waals surface area (Å²) in [6.07, 6.45) is 1.47. The van der Waals surface area contributed by atoms with Crippen LogP contribution in [-0.4, -0.2) is 40.5 Å². The Morgan fingerprint density at radius 1 is 1.19 bits per heavy atom. The van der Waals surface area contributed by atoms with Gasteiger partial charge < -0.3 is 15.8 Å². The fourth-order valence-corrected chi connectivity index (χ4v) is 3.13. The first-order valence-electron chi connectivity index (χ1n) is 9.36. The van der Waals surface area contributed by atoms with E-state index >= 15 is 0 Å². The van der Waals surface area contributed by atoms with Crippen molar-refractivity contribution in [3.05, 3.63) is 71.7 Å². The zero-order chi connectivity index (χ0) is 22.5. The zero-order valence-electron chi connectivity index (χ0n) is 17.0. The molecule has 3 rings (SSSR count). The Kier molecular flexibility index (Phi) is 6.44. The minimum atomic E-state index is -1.18. The number of aromatic nitrogens is 2. The van der Waals surface area contributed by atoms with E-state index in [4.69, 9.17) is 10.5 Å². The minimum Gasteiger partial charge on any atom is -0.497 e. The van der Waals surface area contributed by atoms with Gasteiger partial charge in [-0.15, -0.1) is 0 Å². The highest BCUT2D eigenvalue weighted by molar-refractivity contribution is 6.38. The Labute approximate surface area is 177 Å². The van der Waals surface area contributed by atoms with Crippen molar-refractivity contribution in [3.63, 3.8) is 0 Å². The van der Waals surface area contributed by atoms with Crippen LogP contribution in [0.15, 0.2) is 54.7 Å². The molecule has 0 aliphatic carbocycles. The van der Waals surface area contributed by atoms with Gasteiger partial charge in [0.15, 0.2) is 0 Å². The summed E-state index contributed by atoms with van der Waals surface area (Å²) in [5.74, 6) is -3.00. The Balaban J connectivity index is 1.95. The summed E-state index contributed by atoms with van der Waals surface area (Å²) in [4.78, 5) is 36.8. The molecule has 1 atom stereocenters. The molecule has 3 aromatic rings. The number of carbonyl (C=O) groups excluding carboxylic acids is 3. The number of rotatable bonds is 8. The van der Waals surface area contributed by atoms with Gasteiger partial charge in [0.05, 0.1) is 12.7 Å². The van der Waals surface area contributed by atoms with Gasteiger partial charge in [0.2, 0.25) is 5.78 Å². The number of carbonyl (C=O) groups is 3. The molecule has 0 radical (unpaired) electrons. The summed E-state index contributed by atoms with van der Waals surface area (Å²) >= 11 is 0. The van der Waals surface area contributed by atoms with Crippen LogP contribution in [0.5, 0.6) is 5.75 Å². The molecular formula is C22H21FN4O4. The van der Waals surface area contributed by atoms with Crippen LogP contribution in [0.2, 0.25) is 0 Å². The van der Waals surface area contributed by atoms with E-state index in [2.05, 4.69) is 10.4 Å². The van der Waals surface area contributed by atoms with Crippen LogP contribution in [0.1, 0.15) is 15.9 Å². The van der Waals surface area contributed by atoms with Crippen LogP contribution in [0.3, 0.4) is 0 Å². The molecule has 0 aliphatic heterocycles. The van der Waals surface area contributed by atoms with Crippen molar-refractivity contribution < 1.29 is 23.5 Å². The number of nitrogens with two attached hydrogens (primary N) is 1. The molecule has 0 bridgehead atoms. The highest BCUT2D eigenvalue weighted by Gasteiger charge is 2.28. The molecule has 9 heteroatoms. The topological polar surface area (TPSA) is 116 Å². The van der Waals surface area contributed by atoms with Crippen LogP contribution in [0, 0.1) is 5.82 Å². The lowest BCUT2D eigenvalue weighted by Gasteiger charge is -2.16.